The molecule has 2 aliphatic carbocycles. The number of benzene rings is 2. The van der Waals surface area contributed by atoms with E-state index in [1.807, 2.05) is 17.9 Å². The fourth-order valence-corrected chi connectivity index (χ4v) is 9.29. The van der Waals surface area contributed by atoms with Gasteiger partial charge in [-0.25, -0.2) is 4.98 Å². The lowest BCUT2D eigenvalue weighted by Crippen LogP contribution is -2.67. The maximum absolute atomic E-state index is 14.0. The van der Waals surface area contributed by atoms with E-state index < -0.39 is 12.8 Å². The second-order valence-electron chi connectivity index (χ2n) is 16.1. The van der Waals surface area contributed by atoms with E-state index in [9.17, 15) is 18.0 Å². The number of fused-ring (bicyclic) bond motifs is 1. The number of amides is 1. The summed E-state index contributed by atoms with van der Waals surface area (Å²) in [6.45, 7) is 9.49. The summed E-state index contributed by atoms with van der Waals surface area (Å²) in [5, 5.41) is 8.98. The molecule has 9 rings (SSSR count). The van der Waals surface area contributed by atoms with Gasteiger partial charge in [0.15, 0.2) is 12.4 Å². The van der Waals surface area contributed by atoms with Crippen molar-refractivity contribution in [3.63, 3.8) is 0 Å². The molecular weight excluding hydrogens is 669 g/mol. The molecule has 274 valence electrons. The number of anilines is 3. The highest BCUT2D eigenvalue weighted by Crippen LogP contribution is 2.55. The van der Waals surface area contributed by atoms with Crippen LogP contribution in [0.5, 0.6) is 5.75 Å². The molecule has 5 heterocycles. The maximum atomic E-state index is 14.0. The number of nitrogen functional groups attached to an aromatic ring is 1. The van der Waals surface area contributed by atoms with Crippen LogP contribution in [0.25, 0.3) is 22.0 Å². The Morgan fingerprint density at radius 3 is 2.38 bits per heavy atom. The van der Waals surface area contributed by atoms with Gasteiger partial charge in [0.05, 0.1) is 0 Å². The number of carbonyl (C=O) groups is 1. The van der Waals surface area contributed by atoms with Gasteiger partial charge in [0, 0.05) is 91.2 Å². The number of nitrogens with one attached hydrogen (secondary N) is 1. The summed E-state index contributed by atoms with van der Waals surface area (Å²) in [6.07, 6.45) is 5.25. The Labute approximate surface area is 301 Å². The molecule has 52 heavy (non-hydrogen) atoms. The Hall–Kier alpha value is -4.39. The zero-order valence-corrected chi connectivity index (χ0v) is 29.6. The molecule has 1 amide bonds. The lowest BCUT2D eigenvalue weighted by atomic mass is 9.72. The molecule has 0 unspecified atom stereocenters. The van der Waals surface area contributed by atoms with E-state index in [0.29, 0.717) is 82.8 Å². The zero-order valence-electron chi connectivity index (χ0n) is 29.6. The number of piperidine rings is 1. The molecule has 0 atom stereocenters. The van der Waals surface area contributed by atoms with Crippen LogP contribution in [0.2, 0.25) is 0 Å². The highest BCUT2D eigenvalue weighted by Gasteiger charge is 2.58. The van der Waals surface area contributed by atoms with Crippen LogP contribution in [0.3, 0.4) is 0 Å². The predicted octanol–water partition coefficient (Wildman–Crippen LogP) is 6.05. The average Bonchev–Trinajstić information content (AvgIpc) is 4.01. The standard InChI is InChI=1S/C39H45F3N8O2/c1-3-30(51)49-20-37(21-49)10-13-47(14-11-37)35-27-16-26(24-5-6-24)32(31-23(2)4-7-29(44)28(31)17-43)34(52-22-39(40,41)42)33(27)45-36(46-35)48-18-25(19-48)50-15-12-38(50)8-9-38/h3-4,7,16-17,24-25,43H,1,5-6,8-15,18-22,44H2,2H3. The Morgan fingerprint density at radius 2 is 1.79 bits per heavy atom. The summed E-state index contributed by atoms with van der Waals surface area (Å²) in [7, 11) is 0. The lowest BCUT2D eigenvalue weighted by Gasteiger charge is -2.54. The maximum Gasteiger partial charge on any atom is 0.422 e. The first-order valence-corrected chi connectivity index (χ1v) is 18.6. The smallest absolute Gasteiger partial charge is 0.422 e. The number of likely N-dealkylation sites (tertiary alicyclic amines) is 2. The molecular formula is C39H45F3N8O2. The van der Waals surface area contributed by atoms with Gasteiger partial charge in [-0.3, -0.25) is 9.69 Å². The van der Waals surface area contributed by atoms with Crippen molar-refractivity contribution in [2.75, 3.05) is 68.0 Å². The number of hydrogen-bond acceptors (Lipinski definition) is 9. The van der Waals surface area contributed by atoms with Crippen molar-refractivity contribution < 1.29 is 22.7 Å². The monoisotopic (exact) mass is 714 g/mol. The normalized spacial score (nSPS) is 22.3. The fraction of sp³-hybridized carbons (Fsp3) is 0.538. The van der Waals surface area contributed by atoms with Crippen molar-refractivity contribution in [2.45, 2.75) is 75.5 Å². The Balaban J connectivity index is 1.18. The molecule has 2 aromatic carbocycles. The molecule has 2 spiro atoms. The van der Waals surface area contributed by atoms with Crippen LogP contribution in [0, 0.1) is 17.7 Å². The minimum atomic E-state index is -4.58. The summed E-state index contributed by atoms with van der Waals surface area (Å²) in [5.41, 5.74) is 10.8. The van der Waals surface area contributed by atoms with Crippen LogP contribution in [0.1, 0.15) is 67.6 Å². The van der Waals surface area contributed by atoms with Gasteiger partial charge in [-0.05, 0) is 92.7 Å². The van der Waals surface area contributed by atoms with Crippen molar-refractivity contribution >= 4 is 40.5 Å². The number of alkyl halides is 3. The van der Waals surface area contributed by atoms with Gasteiger partial charge < -0.3 is 30.6 Å². The van der Waals surface area contributed by atoms with Crippen molar-refractivity contribution in [3.8, 4) is 16.9 Å². The first-order valence-electron chi connectivity index (χ1n) is 18.6. The van der Waals surface area contributed by atoms with Crippen LogP contribution in [-0.2, 0) is 4.79 Å². The Bertz CT molecular complexity index is 1990. The summed E-state index contributed by atoms with van der Waals surface area (Å²) < 4.78 is 48.1. The molecule has 3 aromatic rings. The molecule has 1 aromatic heterocycles. The summed E-state index contributed by atoms with van der Waals surface area (Å²) in [6, 6.07) is 6.06. The minimum absolute atomic E-state index is 0.0444. The molecule has 2 saturated carbocycles. The number of aryl methyl sites for hydroxylation is 1. The van der Waals surface area contributed by atoms with Gasteiger partial charge in [-0.1, -0.05) is 12.6 Å². The van der Waals surface area contributed by atoms with Gasteiger partial charge in [-0.2, -0.15) is 18.2 Å². The number of ether oxygens (including phenoxy) is 1. The van der Waals surface area contributed by atoms with Crippen LogP contribution >= 0.6 is 0 Å². The Kier molecular flexibility index (Phi) is 7.60. The predicted molar refractivity (Wildman–Crippen MR) is 195 cm³/mol. The second-order valence-corrected chi connectivity index (χ2v) is 16.1. The number of hydrogen-bond donors (Lipinski definition) is 2. The largest absolute Gasteiger partial charge is 0.481 e. The van der Waals surface area contributed by atoms with Gasteiger partial charge in [0.25, 0.3) is 0 Å². The van der Waals surface area contributed by atoms with E-state index in [0.717, 1.165) is 56.4 Å². The quantitative estimate of drug-likeness (QED) is 0.157. The van der Waals surface area contributed by atoms with E-state index in [1.54, 1.807) is 6.07 Å². The third-order valence-electron chi connectivity index (χ3n) is 12.7. The summed E-state index contributed by atoms with van der Waals surface area (Å²) in [5.74, 6) is 1.35. The summed E-state index contributed by atoms with van der Waals surface area (Å²) in [4.78, 5) is 31.4. The van der Waals surface area contributed by atoms with E-state index in [-0.39, 0.29) is 23.0 Å². The first kappa shape index (κ1) is 33.4. The molecule has 6 fully saturated rings. The number of carbonyl (C=O) groups excluding carboxylic acids is 1. The number of aromatic nitrogens is 2. The summed E-state index contributed by atoms with van der Waals surface area (Å²) >= 11 is 0. The van der Waals surface area contributed by atoms with Gasteiger partial charge >= 0.3 is 6.18 Å². The number of nitrogens with two attached hydrogens (primary N) is 1. The molecule has 13 heteroatoms. The Morgan fingerprint density at radius 1 is 1.06 bits per heavy atom. The first-order chi connectivity index (χ1) is 24.9. The molecule has 3 N–H and O–H groups in total. The molecule has 4 saturated heterocycles. The van der Waals surface area contributed by atoms with Crippen molar-refractivity contribution in [1.82, 2.24) is 19.8 Å². The van der Waals surface area contributed by atoms with Crippen LogP contribution in [0.15, 0.2) is 30.9 Å². The fourth-order valence-electron chi connectivity index (χ4n) is 9.29. The molecule has 4 aliphatic heterocycles. The highest BCUT2D eigenvalue weighted by molar-refractivity contribution is 6.05. The molecule has 0 radical (unpaired) electrons. The van der Waals surface area contributed by atoms with E-state index in [1.165, 1.54) is 31.6 Å². The topological polar surface area (TPSA) is 115 Å². The average molecular weight is 715 g/mol. The highest BCUT2D eigenvalue weighted by atomic mass is 19.4. The van der Waals surface area contributed by atoms with Crippen molar-refractivity contribution in [2.24, 2.45) is 5.41 Å². The SMILES string of the molecule is C=CC(=O)N1CC2(CCN(c3nc(N4CC(N5CCC56CC6)C4)nc4c(OCC(F)(F)F)c(-c5c(C)ccc(N)c5C=N)c(C5CC5)cc34)CC2)C1. The van der Waals surface area contributed by atoms with Crippen LogP contribution < -0.4 is 20.3 Å². The minimum Gasteiger partial charge on any atom is -0.481 e. The zero-order chi connectivity index (χ0) is 36.2. The van der Waals surface area contributed by atoms with Crippen molar-refractivity contribution in [1.29, 1.82) is 5.41 Å². The van der Waals surface area contributed by atoms with Gasteiger partial charge in [-0.15, -0.1) is 0 Å². The molecule has 6 aliphatic rings. The van der Waals surface area contributed by atoms with E-state index in [2.05, 4.69) is 27.3 Å². The number of nitrogens with zero attached hydrogens (tertiary/aromatic N) is 6. The number of halogens is 3. The third kappa shape index (κ3) is 5.49. The lowest BCUT2D eigenvalue weighted by molar-refractivity contribution is -0.153. The van der Waals surface area contributed by atoms with E-state index in [4.69, 9.17) is 25.8 Å². The number of rotatable bonds is 9. The molecule has 10 nitrogen and oxygen atoms in total. The molecule has 0 bridgehead atoms. The van der Waals surface area contributed by atoms with Crippen LogP contribution in [0.4, 0.5) is 30.6 Å². The second kappa shape index (κ2) is 11.8. The van der Waals surface area contributed by atoms with E-state index >= 15 is 0 Å². The van der Waals surface area contributed by atoms with Gasteiger partial charge in [0.1, 0.15) is 11.3 Å². The van der Waals surface area contributed by atoms with Crippen LogP contribution in [-0.4, -0.2) is 102 Å². The van der Waals surface area contributed by atoms with Crippen molar-refractivity contribution in [3.05, 3.63) is 47.5 Å². The van der Waals surface area contributed by atoms with Gasteiger partial charge in [0.2, 0.25) is 11.9 Å². The third-order valence-corrected chi connectivity index (χ3v) is 12.7.